The lowest BCUT2D eigenvalue weighted by molar-refractivity contribution is -0.127. The van der Waals surface area contributed by atoms with Crippen LogP contribution in [-0.4, -0.2) is 45.9 Å². The Balaban J connectivity index is 1.70. The van der Waals surface area contributed by atoms with E-state index in [0.717, 1.165) is 18.5 Å². The molecule has 1 saturated heterocycles. The molecule has 3 rings (SSSR count). The lowest BCUT2D eigenvalue weighted by Crippen LogP contribution is -2.37. The van der Waals surface area contributed by atoms with Gasteiger partial charge in [0.2, 0.25) is 5.91 Å². The third-order valence-electron chi connectivity index (χ3n) is 4.21. The molecule has 0 spiro atoms. The predicted molar refractivity (Wildman–Crippen MR) is 94.1 cm³/mol. The maximum Gasteiger partial charge on any atom is 0.251 e. The van der Waals surface area contributed by atoms with Crippen LogP contribution in [0, 0.1) is 0 Å². The van der Waals surface area contributed by atoms with Gasteiger partial charge < -0.3 is 15.3 Å². The van der Waals surface area contributed by atoms with Crippen LogP contribution in [0.5, 0.6) is 5.75 Å². The molecule has 2 aromatic rings. The van der Waals surface area contributed by atoms with Crippen molar-refractivity contribution in [3.63, 3.8) is 0 Å². The minimum Gasteiger partial charge on any atom is -0.506 e. The van der Waals surface area contributed by atoms with Crippen LogP contribution in [0.1, 0.15) is 30.1 Å². The first-order valence-corrected chi connectivity index (χ1v) is 8.41. The van der Waals surface area contributed by atoms with E-state index in [1.165, 1.54) is 6.20 Å². The molecule has 1 aromatic carbocycles. The number of benzene rings is 1. The van der Waals surface area contributed by atoms with Gasteiger partial charge in [-0.1, -0.05) is 19.1 Å². The number of nitrogens with one attached hydrogen (secondary N) is 1. The Kier molecular flexibility index (Phi) is 4.97. The molecule has 130 valence electrons. The van der Waals surface area contributed by atoms with Crippen molar-refractivity contribution in [2.24, 2.45) is 0 Å². The van der Waals surface area contributed by atoms with Crippen molar-refractivity contribution in [2.75, 3.05) is 13.1 Å². The summed E-state index contributed by atoms with van der Waals surface area (Å²) in [5.41, 5.74) is 1.99. The maximum atomic E-state index is 12.5. The Morgan fingerprint density at radius 1 is 1.36 bits per heavy atom. The molecule has 1 aliphatic rings. The molecule has 2 amide bonds. The highest BCUT2D eigenvalue weighted by Gasteiger charge is 2.30. The van der Waals surface area contributed by atoms with E-state index in [9.17, 15) is 14.7 Å². The molecule has 1 fully saturated rings. The van der Waals surface area contributed by atoms with Gasteiger partial charge in [0.05, 0.1) is 17.9 Å². The number of pyridine rings is 1. The Hall–Kier alpha value is -2.89. The Bertz CT molecular complexity index is 774. The van der Waals surface area contributed by atoms with Gasteiger partial charge in [0.25, 0.3) is 5.91 Å². The lowest BCUT2D eigenvalue weighted by atomic mass is 10.1. The van der Waals surface area contributed by atoms with Crippen LogP contribution in [0.2, 0.25) is 0 Å². The van der Waals surface area contributed by atoms with Crippen molar-refractivity contribution in [3.05, 3.63) is 48.2 Å². The molecule has 6 heteroatoms. The Morgan fingerprint density at radius 3 is 2.92 bits per heavy atom. The molecule has 0 saturated carbocycles. The van der Waals surface area contributed by atoms with Gasteiger partial charge in [0.15, 0.2) is 0 Å². The third kappa shape index (κ3) is 3.96. The normalized spacial score (nSPS) is 16.9. The molecule has 2 heterocycles. The predicted octanol–water partition coefficient (Wildman–Crippen LogP) is 2.19. The van der Waals surface area contributed by atoms with Gasteiger partial charge in [0.1, 0.15) is 5.75 Å². The average molecular weight is 339 g/mol. The molecular weight excluding hydrogens is 318 g/mol. The van der Waals surface area contributed by atoms with Crippen molar-refractivity contribution in [1.29, 1.82) is 0 Å². The fourth-order valence-electron chi connectivity index (χ4n) is 3.00. The molecule has 0 bridgehead atoms. The van der Waals surface area contributed by atoms with Gasteiger partial charge in [-0.25, -0.2) is 0 Å². The van der Waals surface area contributed by atoms with E-state index >= 15 is 0 Å². The quantitative estimate of drug-likeness (QED) is 0.875. The van der Waals surface area contributed by atoms with Crippen LogP contribution < -0.4 is 5.32 Å². The van der Waals surface area contributed by atoms with E-state index in [2.05, 4.69) is 10.3 Å². The van der Waals surface area contributed by atoms with Crippen molar-refractivity contribution in [1.82, 2.24) is 15.2 Å². The molecule has 0 unspecified atom stereocenters. The zero-order valence-electron chi connectivity index (χ0n) is 14.1. The molecule has 6 nitrogen and oxygen atoms in total. The molecule has 1 aliphatic heterocycles. The zero-order chi connectivity index (χ0) is 17.8. The van der Waals surface area contributed by atoms with Crippen LogP contribution in [-0.2, 0) is 4.79 Å². The largest absolute Gasteiger partial charge is 0.506 e. The van der Waals surface area contributed by atoms with Gasteiger partial charge in [-0.2, -0.15) is 0 Å². The number of aromatic hydroxyl groups is 1. The van der Waals surface area contributed by atoms with Crippen molar-refractivity contribution in [3.8, 4) is 17.0 Å². The molecule has 1 atom stereocenters. The second-order valence-electron chi connectivity index (χ2n) is 6.20. The summed E-state index contributed by atoms with van der Waals surface area (Å²) in [6, 6.07) is 10.3. The van der Waals surface area contributed by atoms with Crippen LogP contribution in [0.4, 0.5) is 0 Å². The summed E-state index contributed by atoms with van der Waals surface area (Å²) in [6.45, 7) is 3.33. The second-order valence-corrected chi connectivity index (χ2v) is 6.20. The van der Waals surface area contributed by atoms with Gasteiger partial charge in [-0.3, -0.25) is 14.6 Å². The average Bonchev–Trinajstić information content (AvgIpc) is 2.95. The molecule has 0 aliphatic carbocycles. The van der Waals surface area contributed by atoms with Crippen molar-refractivity contribution >= 4 is 11.8 Å². The molecule has 0 radical (unpaired) electrons. The molecule has 25 heavy (non-hydrogen) atoms. The summed E-state index contributed by atoms with van der Waals surface area (Å²) < 4.78 is 0. The third-order valence-corrected chi connectivity index (χ3v) is 4.21. The fraction of sp³-hybridized carbons (Fsp3) is 0.316. The van der Waals surface area contributed by atoms with E-state index in [4.69, 9.17) is 0 Å². The first-order valence-electron chi connectivity index (χ1n) is 8.41. The Morgan fingerprint density at radius 2 is 2.20 bits per heavy atom. The maximum absolute atomic E-state index is 12.5. The number of carbonyl (C=O) groups is 2. The topological polar surface area (TPSA) is 82.5 Å². The standard InChI is InChI=1S/C19H21N3O3/c1-2-8-22-12-15(10-18(22)24)21-19(25)14-5-3-4-13(9-14)17-7-6-16(23)11-20-17/h3-7,9,11,15,23H,2,8,10,12H2,1H3,(H,21,25)/t15-/m1/s1. The van der Waals surface area contributed by atoms with Crippen molar-refractivity contribution < 1.29 is 14.7 Å². The number of rotatable bonds is 5. The number of aromatic nitrogens is 1. The van der Waals surface area contributed by atoms with E-state index in [-0.39, 0.29) is 23.6 Å². The number of nitrogens with zero attached hydrogens (tertiary/aromatic N) is 2. The smallest absolute Gasteiger partial charge is 0.251 e. The molecule has 1 aromatic heterocycles. The van der Waals surface area contributed by atoms with E-state index in [1.807, 2.05) is 13.0 Å². The summed E-state index contributed by atoms with van der Waals surface area (Å²) in [4.78, 5) is 30.4. The van der Waals surface area contributed by atoms with Crippen LogP contribution >= 0.6 is 0 Å². The van der Waals surface area contributed by atoms with E-state index in [0.29, 0.717) is 24.2 Å². The monoisotopic (exact) mass is 339 g/mol. The summed E-state index contributed by atoms with van der Waals surface area (Å²) in [5.74, 6) is -0.00819. The van der Waals surface area contributed by atoms with Gasteiger partial charge in [-0.05, 0) is 30.7 Å². The van der Waals surface area contributed by atoms with Crippen LogP contribution in [0.25, 0.3) is 11.3 Å². The highest BCUT2D eigenvalue weighted by Crippen LogP contribution is 2.20. The highest BCUT2D eigenvalue weighted by molar-refractivity contribution is 5.96. The first-order chi connectivity index (χ1) is 12.1. The van der Waals surface area contributed by atoms with Gasteiger partial charge >= 0.3 is 0 Å². The highest BCUT2D eigenvalue weighted by atomic mass is 16.3. The number of hydrogen-bond acceptors (Lipinski definition) is 4. The Labute approximate surface area is 146 Å². The number of amides is 2. The fourth-order valence-corrected chi connectivity index (χ4v) is 3.00. The molecule has 2 N–H and O–H groups in total. The van der Waals surface area contributed by atoms with E-state index < -0.39 is 0 Å². The summed E-state index contributed by atoms with van der Waals surface area (Å²) >= 11 is 0. The summed E-state index contributed by atoms with van der Waals surface area (Å²) in [5, 5.41) is 12.3. The SMILES string of the molecule is CCCN1C[C@H](NC(=O)c2cccc(-c3ccc(O)cn3)c2)CC1=O. The summed E-state index contributed by atoms with van der Waals surface area (Å²) in [6.07, 6.45) is 2.63. The van der Waals surface area contributed by atoms with E-state index in [1.54, 1.807) is 35.2 Å². The minimum absolute atomic E-state index is 0.0918. The van der Waals surface area contributed by atoms with Crippen LogP contribution in [0.15, 0.2) is 42.6 Å². The first kappa shape index (κ1) is 17.0. The van der Waals surface area contributed by atoms with Crippen molar-refractivity contribution in [2.45, 2.75) is 25.8 Å². The molecular formula is C19H21N3O3. The number of likely N-dealkylation sites (tertiary alicyclic amines) is 1. The van der Waals surface area contributed by atoms with Gasteiger partial charge in [-0.15, -0.1) is 0 Å². The second kappa shape index (κ2) is 7.34. The zero-order valence-corrected chi connectivity index (χ0v) is 14.1. The van der Waals surface area contributed by atoms with Crippen LogP contribution in [0.3, 0.4) is 0 Å². The summed E-state index contributed by atoms with van der Waals surface area (Å²) in [7, 11) is 0. The minimum atomic E-state index is -0.197. The number of carbonyl (C=O) groups excluding carboxylic acids is 2. The number of hydrogen-bond donors (Lipinski definition) is 2. The van der Waals surface area contributed by atoms with Gasteiger partial charge in [0, 0.05) is 30.6 Å². The lowest BCUT2D eigenvalue weighted by Gasteiger charge is -2.16.